The van der Waals surface area contributed by atoms with Crippen molar-refractivity contribution in [2.24, 2.45) is 5.16 Å². The second-order valence-corrected chi connectivity index (χ2v) is 9.49. The predicted octanol–water partition coefficient (Wildman–Crippen LogP) is 3.57. The largest absolute Gasteiger partial charge is 0.455 e. The Morgan fingerprint density at radius 2 is 1.85 bits per heavy atom. The summed E-state index contributed by atoms with van der Waals surface area (Å²) in [4.78, 5) is 0. The lowest BCUT2D eigenvalue weighted by molar-refractivity contribution is 0.308. The van der Waals surface area contributed by atoms with Gasteiger partial charge in [0.15, 0.2) is 0 Å². The minimum atomic E-state index is -1.72. The second kappa shape index (κ2) is 4.09. The number of nitrogens with zero attached hydrogens (tertiary/aromatic N) is 1. The Balaban J connectivity index is 4.44. The van der Waals surface area contributed by atoms with Crippen LogP contribution >= 0.6 is 0 Å². The lowest BCUT2D eigenvalue weighted by Gasteiger charge is -2.33. The van der Waals surface area contributed by atoms with Crippen molar-refractivity contribution in [2.75, 3.05) is 0 Å². The van der Waals surface area contributed by atoms with Gasteiger partial charge in [-0.3, -0.25) is 0 Å². The van der Waals surface area contributed by atoms with Gasteiger partial charge in [-0.15, -0.1) is 5.16 Å². The second-order valence-electron chi connectivity index (χ2n) is 4.79. The molecule has 0 N–H and O–H groups in total. The summed E-state index contributed by atoms with van der Waals surface area (Å²) in [5.74, 6) is 0. The first-order valence-electron chi connectivity index (χ1n) is 4.56. The normalized spacial score (nSPS) is 14.2. The monoisotopic (exact) mass is 199 g/mol. The van der Waals surface area contributed by atoms with Gasteiger partial charge in [0, 0.05) is 0 Å². The fourth-order valence-electron chi connectivity index (χ4n) is 0.360. The molecule has 0 aliphatic heterocycles. The zero-order valence-electron chi connectivity index (χ0n) is 9.64. The summed E-state index contributed by atoms with van der Waals surface area (Å²) in [6, 6.07) is 0. The highest BCUT2D eigenvalue weighted by Gasteiger charge is 2.39. The van der Waals surface area contributed by atoms with E-state index in [2.05, 4.69) is 45.6 Å². The van der Waals surface area contributed by atoms with Crippen LogP contribution in [-0.4, -0.2) is 14.0 Å². The number of hydrogen-bond acceptors (Lipinski definition) is 2. The number of allylic oxidation sites excluding steroid dienone is 1. The molecule has 0 aliphatic carbocycles. The van der Waals surface area contributed by atoms with Gasteiger partial charge in [-0.1, -0.05) is 27.4 Å². The lowest BCUT2D eigenvalue weighted by Crippen LogP contribution is -2.39. The van der Waals surface area contributed by atoms with Crippen molar-refractivity contribution >= 4 is 14.0 Å². The third-order valence-corrected chi connectivity index (χ3v) is 6.68. The van der Waals surface area contributed by atoms with Gasteiger partial charge in [0.25, 0.3) is 8.32 Å². The minimum absolute atomic E-state index is 0.206. The first-order chi connectivity index (χ1) is 5.70. The Kier molecular flexibility index (Phi) is 3.91. The highest BCUT2D eigenvalue weighted by Crippen LogP contribution is 2.36. The molecule has 0 aliphatic rings. The molecule has 76 valence electrons. The Morgan fingerprint density at radius 3 is 2.15 bits per heavy atom. The first-order valence-corrected chi connectivity index (χ1v) is 7.47. The highest BCUT2D eigenvalue weighted by atomic mass is 28.4. The summed E-state index contributed by atoms with van der Waals surface area (Å²) in [7, 11) is -1.72. The maximum absolute atomic E-state index is 5.60. The number of hydrogen-bond donors (Lipinski definition) is 0. The van der Waals surface area contributed by atoms with Crippen LogP contribution in [0.5, 0.6) is 0 Å². The van der Waals surface area contributed by atoms with Crippen molar-refractivity contribution in [1.82, 2.24) is 0 Å². The molecule has 0 aromatic carbocycles. The van der Waals surface area contributed by atoms with Crippen molar-refractivity contribution in [1.29, 1.82) is 0 Å². The molecule has 0 fully saturated rings. The van der Waals surface area contributed by atoms with E-state index in [1.54, 1.807) is 6.08 Å². The van der Waals surface area contributed by atoms with Crippen LogP contribution in [-0.2, 0) is 4.53 Å². The molecular formula is C10H21NOSi. The molecule has 0 rings (SSSR count). The van der Waals surface area contributed by atoms with E-state index in [1.807, 2.05) is 6.92 Å². The van der Waals surface area contributed by atoms with E-state index in [4.69, 9.17) is 4.53 Å². The maximum atomic E-state index is 5.60. The molecule has 2 nitrogen and oxygen atoms in total. The molecular weight excluding hydrogens is 178 g/mol. The standard InChI is InChI=1S/C10H21NOSi/c1-8-9(2)11-12-13(6,7)10(3,4)5/h8H,1H2,2-7H3. The third-order valence-electron chi connectivity index (χ3n) is 2.52. The summed E-state index contributed by atoms with van der Waals surface area (Å²) in [5.41, 5.74) is 0.838. The van der Waals surface area contributed by atoms with E-state index < -0.39 is 8.32 Å². The van der Waals surface area contributed by atoms with Crippen LogP contribution in [0.15, 0.2) is 17.8 Å². The van der Waals surface area contributed by atoms with E-state index in [9.17, 15) is 0 Å². The van der Waals surface area contributed by atoms with Crippen LogP contribution in [0, 0.1) is 0 Å². The Hall–Kier alpha value is -0.573. The van der Waals surface area contributed by atoms with Crippen LogP contribution in [0.3, 0.4) is 0 Å². The lowest BCUT2D eigenvalue weighted by atomic mass is 10.2. The average molecular weight is 199 g/mol. The first kappa shape index (κ1) is 12.4. The van der Waals surface area contributed by atoms with Crippen LogP contribution < -0.4 is 0 Å². The number of rotatable bonds is 3. The SMILES string of the molecule is C=CC(C)=NO[Si](C)(C)C(C)(C)C. The van der Waals surface area contributed by atoms with Gasteiger partial charge in [-0.25, -0.2) is 0 Å². The molecule has 0 heterocycles. The average Bonchev–Trinajstić information content (AvgIpc) is 1.98. The molecule has 13 heavy (non-hydrogen) atoms. The molecule has 0 radical (unpaired) electrons. The molecule has 0 bridgehead atoms. The van der Waals surface area contributed by atoms with E-state index in [0.717, 1.165) is 5.71 Å². The topological polar surface area (TPSA) is 21.6 Å². The van der Waals surface area contributed by atoms with Crippen LogP contribution in [0.1, 0.15) is 27.7 Å². The predicted molar refractivity (Wildman–Crippen MR) is 61.6 cm³/mol. The summed E-state index contributed by atoms with van der Waals surface area (Å²) in [5, 5.41) is 4.25. The summed E-state index contributed by atoms with van der Waals surface area (Å²) in [6.45, 7) is 16.4. The van der Waals surface area contributed by atoms with Crippen molar-refractivity contribution in [3.8, 4) is 0 Å². The fourth-order valence-corrected chi connectivity index (χ4v) is 1.01. The van der Waals surface area contributed by atoms with Crippen LogP contribution in [0.25, 0.3) is 0 Å². The minimum Gasteiger partial charge on any atom is -0.455 e. The van der Waals surface area contributed by atoms with Gasteiger partial charge in [0.05, 0.1) is 5.71 Å². The number of oxime groups is 1. The van der Waals surface area contributed by atoms with Crippen LogP contribution in [0.4, 0.5) is 0 Å². The highest BCUT2D eigenvalue weighted by molar-refractivity contribution is 6.74. The summed E-state index contributed by atoms with van der Waals surface area (Å²) >= 11 is 0. The van der Waals surface area contributed by atoms with Crippen molar-refractivity contribution in [3.63, 3.8) is 0 Å². The summed E-state index contributed by atoms with van der Waals surface area (Å²) in [6.07, 6.45) is 1.70. The van der Waals surface area contributed by atoms with E-state index in [0.29, 0.717) is 0 Å². The molecule has 0 aromatic heterocycles. The smallest absolute Gasteiger partial charge is 0.286 e. The van der Waals surface area contributed by atoms with E-state index >= 15 is 0 Å². The van der Waals surface area contributed by atoms with Gasteiger partial charge in [-0.2, -0.15) is 0 Å². The molecule has 0 aromatic rings. The molecule has 0 saturated carbocycles. The summed E-state index contributed by atoms with van der Waals surface area (Å²) < 4.78 is 5.60. The third kappa shape index (κ3) is 3.76. The molecule has 0 spiro atoms. The molecule has 3 heteroatoms. The Labute approximate surface area is 82.8 Å². The molecule has 0 saturated heterocycles. The van der Waals surface area contributed by atoms with Gasteiger partial charge < -0.3 is 4.53 Å². The van der Waals surface area contributed by atoms with Gasteiger partial charge in [-0.05, 0) is 31.1 Å². The van der Waals surface area contributed by atoms with Gasteiger partial charge in [0.2, 0.25) is 0 Å². The Morgan fingerprint density at radius 1 is 1.38 bits per heavy atom. The van der Waals surface area contributed by atoms with Gasteiger partial charge in [0.1, 0.15) is 0 Å². The zero-order chi connectivity index (χ0) is 10.7. The van der Waals surface area contributed by atoms with E-state index in [-0.39, 0.29) is 5.04 Å². The van der Waals surface area contributed by atoms with Crippen molar-refractivity contribution < 1.29 is 4.53 Å². The van der Waals surface area contributed by atoms with Crippen LogP contribution in [0.2, 0.25) is 18.1 Å². The molecule has 0 amide bonds. The van der Waals surface area contributed by atoms with Crippen molar-refractivity contribution in [3.05, 3.63) is 12.7 Å². The van der Waals surface area contributed by atoms with Gasteiger partial charge >= 0.3 is 0 Å². The maximum Gasteiger partial charge on any atom is 0.286 e. The quantitative estimate of drug-likeness (QED) is 0.387. The zero-order valence-corrected chi connectivity index (χ0v) is 10.6. The fraction of sp³-hybridized carbons (Fsp3) is 0.700. The Bertz CT molecular complexity index is 213. The van der Waals surface area contributed by atoms with Crippen molar-refractivity contribution in [2.45, 2.75) is 45.8 Å². The molecule has 0 unspecified atom stereocenters. The molecule has 0 atom stereocenters. The van der Waals surface area contributed by atoms with E-state index in [1.165, 1.54) is 0 Å².